The number of amides is 2. The highest BCUT2D eigenvalue weighted by Gasteiger charge is 2.30. The fourth-order valence-corrected chi connectivity index (χ4v) is 3.16. The van der Waals surface area contributed by atoms with Crippen LogP contribution in [0.2, 0.25) is 0 Å². The SMILES string of the molecule is CC(C)N(Cc1cccn1Cc1ccccc1)C(=O)Nc1cccc(C(F)(F)F)c1. The molecule has 0 unspecified atom stereocenters. The van der Waals surface area contributed by atoms with E-state index in [1.54, 1.807) is 4.90 Å². The van der Waals surface area contributed by atoms with Crippen LogP contribution in [0.15, 0.2) is 72.9 Å². The van der Waals surface area contributed by atoms with E-state index in [2.05, 4.69) is 9.88 Å². The molecule has 0 aliphatic heterocycles. The number of halogens is 3. The minimum atomic E-state index is -4.46. The zero-order valence-corrected chi connectivity index (χ0v) is 16.9. The Hall–Kier alpha value is -3.22. The molecule has 30 heavy (non-hydrogen) atoms. The van der Waals surface area contributed by atoms with Crippen molar-refractivity contribution in [2.24, 2.45) is 0 Å². The van der Waals surface area contributed by atoms with Crippen LogP contribution < -0.4 is 5.32 Å². The Labute approximate surface area is 173 Å². The van der Waals surface area contributed by atoms with Gasteiger partial charge in [-0.2, -0.15) is 13.2 Å². The van der Waals surface area contributed by atoms with Gasteiger partial charge in [-0.05, 0) is 49.7 Å². The van der Waals surface area contributed by atoms with Crippen molar-refractivity contribution in [3.05, 3.63) is 89.7 Å². The van der Waals surface area contributed by atoms with Gasteiger partial charge in [0.15, 0.2) is 0 Å². The summed E-state index contributed by atoms with van der Waals surface area (Å²) in [4.78, 5) is 14.4. The number of hydrogen-bond donors (Lipinski definition) is 1. The molecule has 0 bridgehead atoms. The van der Waals surface area contributed by atoms with Crippen molar-refractivity contribution < 1.29 is 18.0 Å². The molecule has 3 rings (SSSR count). The molecule has 0 spiro atoms. The Kier molecular flexibility index (Phi) is 6.50. The van der Waals surface area contributed by atoms with E-state index in [9.17, 15) is 18.0 Å². The van der Waals surface area contributed by atoms with E-state index in [1.807, 2.05) is 62.5 Å². The number of rotatable bonds is 6. The maximum Gasteiger partial charge on any atom is 0.416 e. The summed E-state index contributed by atoms with van der Waals surface area (Å²) in [6.07, 6.45) is -2.51. The summed E-state index contributed by atoms with van der Waals surface area (Å²) in [5, 5.41) is 2.60. The van der Waals surface area contributed by atoms with Crippen molar-refractivity contribution in [3.8, 4) is 0 Å². The first kappa shape index (κ1) is 21.5. The van der Waals surface area contributed by atoms with E-state index in [4.69, 9.17) is 0 Å². The lowest BCUT2D eigenvalue weighted by molar-refractivity contribution is -0.137. The van der Waals surface area contributed by atoms with Gasteiger partial charge in [0.2, 0.25) is 0 Å². The molecule has 1 aromatic heterocycles. The lowest BCUT2D eigenvalue weighted by Gasteiger charge is -2.27. The van der Waals surface area contributed by atoms with Gasteiger partial charge in [-0.3, -0.25) is 0 Å². The molecule has 2 amide bonds. The molecule has 4 nitrogen and oxygen atoms in total. The van der Waals surface area contributed by atoms with Crippen LogP contribution in [0.5, 0.6) is 0 Å². The van der Waals surface area contributed by atoms with Crippen LogP contribution in [0.3, 0.4) is 0 Å². The van der Waals surface area contributed by atoms with Gasteiger partial charge >= 0.3 is 12.2 Å². The molecule has 0 radical (unpaired) electrons. The highest BCUT2D eigenvalue weighted by atomic mass is 19.4. The average Bonchev–Trinajstić information content (AvgIpc) is 3.13. The molecule has 0 saturated heterocycles. The summed E-state index contributed by atoms with van der Waals surface area (Å²) in [5.41, 5.74) is 1.39. The molecule has 1 N–H and O–H groups in total. The van der Waals surface area contributed by atoms with Crippen molar-refractivity contribution in [2.75, 3.05) is 5.32 Å². The van der Waals surface area contributed by atoms with Crippen LogP contribution in [-0.4, -0.2) is 21.5 Å². The predicted octanol–water partition coefficient (Wildman–Crippen LogP) is 6.00. The molecule has 3 aromatic rings. The van der Waals surface area contributed by atoms with E-state index in [0.717, 1.165) is 23.4 Å². The number of urea groups is 1. The van der Waals surface area contributed by atoms with E-state index >= 15 is 0 Å². The average molecular weight is 415 g/mol. The topological polar surface area (TPSA) is 37.3 Å². The van der Waals surface area contributed by atoms with Gasteiger partial charge in [0.1, 0.15) is 0 Å². The molecule has 1 heterocycles. The molecule has 7 heteroatoms. The van der Waals surface area contributed by atoms with Crippen molar-refractivity contribution in [1.82, 2.24) is 9.47 Å². The van der Waals surface area contributed by atoms with Gasteiger partial charge in [0.05, 0.1) is 12.1 Å². The second-order valence-electron chi connectivity index (χ2n) is 7.34. The largest absolute Gasteiger partial charge is 0.416 e. The second-order valence-corrected chi connectivity index (χ2v) is 7.34. The van der Waals surface area contributed by atoms with Gasteiger partial charge in [-0.15, -0.1) is 0 Å². The molecule has 0 aliphatic rings. The van der Waals surface area contributed by atoms with Crippen molar-refractivity contribution in [2.45, 2.75) is 39.2 Å². The Bertz CT molecular complexity index is 981. The quantitative estimate of drug-likeness (QED) is 0.527. The van der Waals surface area contributed by atoms with Crippen LogP contribution in [0.25, 0.3) is 0 Å². The first-order chi connectivity index (χ1) is 14.2. The zero-order valence-electron chi connectivity index (χ0n) is 16.9. The Balaban J connectivity index is 1.74. The van der Waals surface area contributed by atoms with E-state index < -0.39 is 17.8 Å². The first-order valence-electron chi connectivity index (χ1n) is 9.67. The third-order valence-corrected chi connectivity index (χ3v) is 4.78. The predicted molar refractivity (Wildman–Crippen MR) is 111 cm³/mol. The van der Waals surface area contributed by atoms with Gasteiger partial charge in [-0.25, -0.2) is 4.79 Å². The molecule has 2 aromatic carbocycles. The third-order valence-electron chi connectivity index (χ3n) is 4.78. The summed E-state index contributed by atoms with van der Waals surface area (Å²) in [7, 11) is 0. The Morgan fingerprint density at radius 1 is 1.03 bits per heavy atom. The fourth-order valence-electron chi connectivity index (χ4n) is 3.16. The molecule has 0 aliphatic carbocycles. The number of nitrogens with zero attached hydrogens (tertiary/aromatic N) is 2. The Morgan fingerprint density at radius 2 is 1.77 bits per heavy atom. The van der Waals surface area contributed by atoms with Crippen LogP contribution >= 0.6 is 0 Å². The molecular weight excluding hydrogens is 391 g/mol. The van der Waals surface area contributed by atoms with Crippen LogP contribution in [-0.2, 0) is 19.3 Å². The summed E-state index contributed by atoms with van der Waals surface area (Å²) < 4.78 is 40.9. The minimum Gasteiger partial charge on any atom is -0.345 e. The number of anilines is 1. The molecule has 0 saturated carbocycles. The lowest BCUT2D eigenvalue weighted by atomic mass is 10.2. The number of nitrogens with one attached hydrogen (secondary N) is 1. The van der Waals surface area contributed by atoms with E-state index in [-0.39, 0.29) is 11.7 Å². The molecule has 158 valence electrons. The summed E-state index contributed by atoms with van der Waals surface area (Å²) in [6.45, 7) is 4.75. The highest BCUT2D eigenvalue weighted by Crippen LogP contribution is 2.30. The smallest absolute Gasteiger partial charge is 0.345 e. The first-order valence-corrected chi connectivity index (χ1v) is 9.67. The Morgan fingerprint density at radius 3 is 2.43 bits per heavy atom. The van der Waals surface area contributed by atoms with Crippen molar-refractivity contribution >= 4 is 11.7 Å². The summed E-state index contributed by atoms with van der Waals surface area (Å²) >= 11 is 0. The number of benzene rings is 2. The highest BCUT2D eigenvalue weighted by molar-refractivity contribution is 5.89. The monoisotopic (exact) mass is 415 g/mol. The van der Waals surface area contributed by atoms with Crippen molar-refractivity contribution in [1.29, 1.82) is 0 Å². The van der Waals surface area contributed by atoms with Crippen LogP contribution in [0.4, 0.5) is 23.7 Å². The molecule has 0 fully saturated rings. The van der Waals surface area contributed by atoms with Crippen molar-refractivity contribution in [3.63, 3.8) is 0 Å². The van der Waals surface area contributed by atoms with E-state index in [0.29, 0.717) is 13.1 Å². The van der Waals surface area contributed by atoms with Gasteiger partial charge in [0, 0.05) is 30.2 Å². The van der Waals surface area contributed by atoms with E-state index in [1.165, 1.54) is 12.1 Å². The minimum absolute atomic E-state index is 0.111. The fraction of sp³-hybridized carbons (Fsp3) is 0.261. The number of aromatic nitrogens is 1. The standard InChI is InChI=1S/C23H24F3N3O/c1-17(2)29(22(30)27-20-11-6-10-19(14-20)23(24,25)26)16-21-12-7-13-28(21)15-18-8-4-3-5-9-18/h3-14,17H,15-16H2,1-2H3,(H,27,30). The number of carbonyl (C=O) groups excluding carboxylic acids is 1. The summed E-state index contributed by atoms with van der Waals surface area (Å²) in [6, 6.07) is 17.9. The maximum atomic E-state index is 12.9. The lowest BCUT2D eigenvalue weighted by Crippen LogP contribution is -2.40. The number of alkyl halides is 3. The van der Waals surface area contributed by atoms with Gasteiger partial charge in [-0.1, -0.05) is 36.4 Å². The normalized spacial score (nSPS) is 11.5. The van der Waals surface area contributed by atoms with Gasteiger partial charge < -0.3 is 14.8 Å². The third kappa shape index (κ3) is 5.43. The molecular formula is C23H24F3N3O. The second kappa shape index (κ2) is 9.07. The van der Waals surface area contributed by atoms with Crippen LogP contribution in [0, 0.1) is 0 Å². The van der Waals surface area contributed by atoms with Gasteiger partial charge in [0.25, 0.3) is 0 Å². The summed E-state index contributed by atoms with van der Waals surface area (Å²) in [5.74, 6) is 0. The van der Waals surface area contributed by atoms with Crippen LogP contribution in [0.1, 0.15) is 30.7 Å². The molecule has 0 atom stereocenters. The maximum absolute atomic E-state index is 12.9. The zero-order chi connectivity index (χ0) is 21.7. The number of hydrogen-bond acceptors (Lipinski definition) is 1. The number of carbonyl (C=O) groups is 1.